The number of halogens is 2. The van der Waals surface area contributed by atoms with Gasteiger partial charge in [-0.2, -0.15) is 0 Å². The third-order valence-corrected chi connectivity index (χ3v) is 4.39. The quantitative estimate of drug-likeness (QED) is 0.784. The van der Waals surface area contributed by atoms with Crippen molar-refractivity contribution in [3.8, 4) is 11.5 Å². The predicted molar refractivity (Wildman–Crippen MR) is 67.5 cm³/mol. The summed E-state index contributed by atoms with van der Waals surface area (Å²) in [6.07, 6.45) is 1.10. The summed E-state index contributed by atoms with van der Waals surface area (Å²) in [6, 6.07) is 6.06. The van der Waals surface area contributed by atoms with Crippen LogP contribution < -0.4 is 9.47 Å². The van der Waals surface area contributed by atoms with Gasteiger partial charge in [-0.1, -0.05) is 37.9 Å². The second-order valence-electron chi connectivity index (χ2n) is 3.63. The van der Waals surface area contributed by atoms with E-state index in [4.69, 9.17) is 9.47 Å². The first-order valence-corrected chi connectivity index (χ1v) is 6.27. The third kappa shape index (κ3) is 2.16. The lowest BCUT2D eigenvalue weighted by Crippen LogP contribution is -1.93. The van der Waals surface area contributed by atoms with Crippen LogP contribution in [0.2, 0.25) is 0 Å². The number of methoxy groups -OCH3 is 2. The molecule has 1 aliphatic rings. The fourth-order valence-corrected chi connectivity index (χ4v) is 2.82. The first kappa shape index (κ1) is 11.3. The van der Waals surface area contributed by atoms with Crippen molar-refractivity contribution < 1.29 is 9.47 Å². The maximum absolute atomic E-state index is 5.27. The van der Waals surface area contributed by atoms with Crippen molar-refractivity contribution in [2.75, 3.05) is 14.2 Å². The molecule has 2 nitrogen and oxygen atoms in total. The Labute approximate surface area is 106 Å². The van der Waals surface area contributed by atoms with Gasteiger partial charge in [0.15, 0.2) is 11.5 Å². The monoisotopic (exact) mass is 334 g/mol. The topological polar surface area (TPSA) is 18.5 Å². The lowest BCUT2D eigenvalue weighted by Gasteiger charge is -2.09. The van der Waals surface area contributed by atoms with Gasteiger partial charge in [0, 0.05) is 5.92 Å². The molecule has 0 saturated heterocycles. The molecule has 15 heavy (non-hydrogen) atoms. The van der Waals surface area contributed by atoms with E-state index >= 15 is 0 Å². The molecule has 0 spiro atoms. The second kappa shape index (κ2) is 3.98. The Morgan fingerprint density at radius 2 is 1.80 bits per heavy atom. The fraction of sp³-hybridized carbons (Fsp3) is 0.455. The van der Waals surface area contributed by atoms with Gasteiger partial charge < -0.3 is 9.47 Å². The minimum absolute atomic E-state index is 0.0829. The van der Waals surface area contributed by atoms with Gasteiger partial charge in [0.1, 0.15) is 0 Å². The predicted octanol–water partition coefficient (Wildman–Crippen LogP) is 3.68. The highest BCUT2D eigenvalue weighted by atomic mass is 79.9. The highest BCUT2D eigenvalue weighted by Gasteiger charge is 2.51. The van der Waals surface area contributed by atoms with E-state index in [2.05, 4.69) is 37.9 Å². The van der Waals surface area contributed by atoms with Crippen molar-refractivity contribution in [1.82, 2.24) is 0 Å². The molecule has 1 aliphatic carbocycles. The second-order valence-corrected chi connectivity index (χ2v) is 7.53. The summed E-state index contributed by atoms with van der Waals surface area (Å²) in [5.74, 6) is 2.08. The summed E-state index contributed by atoms with van der Waals surface area (Å²) in [5.41, 5.74) is 1.27. The zero-order valence-electron chi connectivity index (χ0n) is 8.59. The van der Waals surface area contributed by atoms with Gasteiger partial charge in [0.05, 0.1) is 17.5 Å². The van der Waals surface area contributed by atoms with E-state index in [1.807, 2.05) is 12.1 Å². The molecule has 1 unspecified atom stereocenters. The van der Waals surface area contributed by atoms with E-state index in [0.717, 1.165) is 17.9 Å². The number of alkyl halides is 2. The molecule has 0 N–H and O–H groups in total. The molecule has 0 bridgehead atoms. The molecule has 1 aromatic carbocycles. The SMILES string of the molecule is COc1ccc(C2CC2(Br)Br)cc1OC. The molecule has 0 radical (unpaired) electrons. The van der Waals surface area contributed by atoms with E-state index in [1.165, 1.54) is 5.56 Å². The number of rotatable bonds is 3. The Morgan fingerprint density at radius 1 is 1.20 bits per heavy atom. The first-order chi connectivity index (χ1) is 7.08. The van der Waals surface area contributed by atoms with Gasteiger partial charge >= 0.3 is 0 Å². The third-order valence-electron chi connectivity index (χ3n) is 2.64. The van der Waals surface area contributed by atoms with Crippen LogP contribution in [0.4, 0.5) is 0 Å². The van der Waals surface area contributed by atoms with E-state index in [9.17, 15) is 0 Å². The number of benzene rings is 1. The van der Waals surface area contributed by atoms with Crippen LogP contribution >= 0.6 is 31.9 Å². The molecule has 0 amide bonds. The zero-order chi connectivity index (χ0) is 11.1. The molecule has 0 heterocycles. The van der Waals surface area contributed by atoms with Crippen LogP contribution in [0.1, 0.15) is 17.9 Å². The number of hydrogen-bond donors (Lipinski definition) is 0. The van der Waals surface area contributed by atoms with Crippen molar-refractivity contribution in [2.24, 2.45) is 0 Å². The van der Waals surface area contributed by atoms with Crippen molar-refractivity contribution in [3.05, 3.63) is 23.8 Å². The van der Waals surface area contributed by atoms with Crippen molar-refractivity contribution in [1.29, 1.82) is 0 Å². The molecule has 1 aromatic rings. The van der Waals surface area contributed by atoms with Crippen LogP contribution in [-0.4, -0.2) is 17.5 Å². The van der Waals surface area contributed by atoms with Gasteiger partial charge in [-0.3, -0.25) is 0 Å². The first-order valence-electron chi connectivity index (χ1n) is 4.68. The summed E-state index contributed by atoms with van der Waals surface area (Å²) in [6.45, 7) is 0. The van der Waals surface area contributed by atoms with Gasteiger partial charge in [-0.05, 0) is 24.1 Å². The fourth-order valence-electron chi connectivity index (χ4n) is 1.64. The standard InChI is InChI=1S/C11H12Br2O2/c1-14-9-4-3-7(5-10(9)15-2)8-6-11(8,12)13/h3-5,8H,6H2,1-2H3. The lowest BCUT2D eigenvalue weighted by atomic mass is 10.1. The number of ether oxygens (including phenoxy) is 2. The summed E-state index contributed by atoms with van der Waals surface area (Å²) in [7, 11) is 3.30. The van der Waals surface area contributed by atoms with Crippen LogP contribution in [0.15, 0.2) is 18.2 Å². The molecule has 1 saturated carbocycles. The van der Waals surface area contributed by atoms with Crippen molar-refractivity contribution >= 4 is 31.9 Å². The van der Waals surface area contributed by atoms with Gasteiger partial charge in [0.25, 0.3) is 0 Å². The molecule has 82 valence electrons. The van der Waals surface area contributed by atoms with Crippen LogP contribution in [-0.2, 0) is 0 Å². The van der Waals surface area contributed by atoms with Gasteiger partial charge in [0.2, 0.25) is 0 Å². The van der Waals surface area contributed by atoms with Gasteiger partial charge in [-0.25, -0.2) is 0 Å². The van der Waals surface area contributed by atoms with E-state index in [1.54, 1.807) is 14.2 Å². The Morgan fingerprint density at radius 3 is 2.27 bits per heavy atom. The van der Waals surface area contributed by atoms with Crippen LogP contribution in [0, 0.1) is 0 Å². The highest BCUT2D eigenvalue weighted by molar-refractivity contribution is 9.25. The molecule has 0 aliphatic heterocycles. The largest absolute Gasteiger partial charge is 0.493 e. The summed E-state index contributed by atoms with van der Waals surface area (Å²) >= 11 is 7.23. The molecule has 2 rings (SSSR count). The van der Waals surface area contributed by atoms with Crippen LogP contribution in [0.3, 0.4) is 0 Å². The average molecular weight is 336 g/mol. The summed E-state index contributed by atoms with van der Waals surface area (Å²) < 4.78 is 10.5. The molecule has 0 aromatic heterocycles. The molecular formula is C11H12Br2O2. The normalized spacial score (nSPS) is 22.3. The Hall–Kier alpha value is -0.220. The maximum atomic E-state index is 5.27. The number of hydrogen-bond acceptors (Lipinski definition) is 2. The minimum atomic E-state index is 0.0829. The average Bonchev–Trinajstić information content (AvgIpc) is 2.86. The van der Waals surface area contributed by atoms with Crippen molar-refractivity contribution in [2.45, 2.75) is 15.6 Å². The highest BCUT2D eigenvalue weighted by Crippen LogP contribution is 2.62. The smallest absolute Gasteiger partial charge is 0.160 e. The Balaban J connectivity index is 2.28. The van der Waals surface area contributed by atoms with Gasteiger partial charge in [-0.15, -0.1) is 0 Å². The Kier molecular flexibility index (Phi) is 2.99. The lowest BCUT2D eigenvalue weighted by molar-refractivity contribution is 0.354. The van der Waals surface area contributed by atoms with E-state index in [-0.39, 0.29) is 3.23 Å². The molecular weight excluding hydrogens is 324 g/mol. The van der Waals surface area contributed by atoms with Crippen molar-refractivity contribution in [3.63, 3.8) is 0 Å². The molecule has 1 fully saturated rings. The summed E-state index contributed by atoms with van der Waals surface area (Å²) in [5, 5.41) is 0. The zero-order valence-corrected chi connectivity index (χ0v) is 11.8. The van der Waals surface area contributed by atoms with Crippen LogP contribution in [0.25, 0.3) is 0 Å². The van der Waals surface area contributed by atoms with E-state index < -0.39 is 0 Å². The minimum Gasteiger partial charge on any atom is -0.493 e. The maximum Gasteiger partial charge on any atom is 0.160 e. The molecule has 4 heteroatoms. The Bertz CT molecular complexity index is 377. The summed E-state index contributed by atoms with van der Waals surface area (Å²) in [4.78, 5) is 0. The van der Waals surface area contributed by atoms with Crippen LogP contribution in [0.5, 0.6) is 11.5 Å². The van der Waals surface area contributed by atoms with E-state index in [0.29, 0.717) is 5.92 Å². The molecule has 1 atom stereocenters.